The van der Waals surface area contributed by atoms with E-state index in [9.17, 15) is 0 Å². The average Bonchev–Trinajstić information content (AvgIpc) is 3.51. The van der Waals surface area contributed by atoms with Crippen LogP contribution >= 0.6 is 0 Å². The Morgan fingerprint density at radius 3 is 2.18 bits per heavy atom. The molecule has 0 saturated carbocycles. The Morgan fingerprint density at radius 1 is 0.636 bits per heavy atom. The fraction of sp³-hybridized carbons (Fsp3) is 0.220. The van der Waals surface area contributed by atoms with Gasteiger partial charge in [0.25, 0.3) is 0 Å². The number of benzene rings is 5. The predicted octanol–water partition coefficient (Wildman–Crippen LogP) is 10.1. The minimum absolute atomic E-state index is 0.0723. The van der Waals surface area contributed by atoms with Crippen LogP contribution in [0.3, 0.4) is 0 Å². The first kappa shape index (κ1) is 26.8. The highest BCUT2D eigenvalue weighted by molar-refractivity contribution is 6.17. The van der Waals surface area contributed by atoms with E-state index in [-0.39, 0.29) is 6.17 Å². The molecule has 0 fully saturated rings. The highest BCUT2D eigenvalue weighted by Gasteiger charge is 2.27. The maximum absolute atomic E-state index is 2.63. The van der Waals surface area contributed by atoms with E-state index in [0.29, 0.717) is 0 Å². The van der Waals surface area contributed by atoms with Gasteiger partial charge in [-0.15, -0.1) is 0 Å². The molecule has 3 heterocycles. The van der Waals surface area contributed by atoms with Crippen molar-refractivity contribution in [1.29, 1.82) is 0 Å². The number of fused-ring (bicyclic) bond motifs is 10. The average molecular weight is 574 g/mol. The molecule has 3 nitrogen and oxygen atoms in total. The van der Waals surface area contributed by atoms with Gasteiger partial charge in [0.2, 0.25) is 0 Å². The standard InChI is InChI=1S/C41H39N3/c1-8-30-14-11-16-34(28(30)6)42-23-37-39-26(4)12-9-15-32(39)38-25(3)13-10-17-36(38)44-35-21-18-24(2)22-33(35)31-20-19-27(5)40(41(31)44)43(37)29(42)7/h9-23,29H,8H2,1-7H3/t29-/m1/s1. The fourth-order valence-corrected chi connectivity index (χ4v) is 7.99. The first-order valence-corrected chi connectivity index (χ1v) is 15.9. The highest BCUT2D eigenvalue weighted by Crippen LogP contribution is 2.40. The lowest BCUT2D eigenvalue weighted by Crippen LogP contribution is -2.24. The van der Waals surface area contributed by atoms with Gasteiger partial charge >= 0.3 is 0 Å². The molecule has 218 valence electrons. The van der Waals surface area contributed by atoms with Gasteiger partial charge in [0.05, 0.1) is 27.4 Å². The summed E-state index contributed by atoms with van der Waals surface area (Å²) in [4.78, 5) is 2.51. The quantitative estimate of drug-likeness (QED) is 0.200. The number of rotatable bonds is 2. The smallest absolute Gasteiger partial charge is 0.108 e. The highest BCUT2D eigenvalue weighted by atomic mass is 15.3. The number of anilines is 1. The van der Waals surface area contributed by atoms with Crippen LogP contribution < -0.4 is 10.2 Å². The molecular formula is C41H39N3. The van der Waals surface area contributed by atoms with Crippen LogP contribution in [0.25, 0.3) is 55.2 Å². The lowest BCUT2D eigenvalue weighted by atomic mass is 10.0. The molecule has 44 heavy (non-hydrogen) atoms. The Balaban J connectivity index is 1.74. The van der Waals surface area contributed by atoms with Gasteiger partial charge in [-0.3, -0.25) is 0 Å². The van der Waals surface area contributed by atoms with Gasteiger partial charge in [-0.25, -0.2) is 0 Å². The van der Waals surface area contributed by atoms with Crippen molar-refractivity contribution < 1.29 is 0 Å². The molecule has 0 bridgehead atoms. The fourth-order valence-electron chi connectivity index (χ4n) is 7.99. The molecule has 0 N–H and O–H groups in total. The number of hydrogen-bond donors (Lipinski definition) is 0. The Kier molecular flexibility index (Phi) is 5.87. The van der Waals surface area contributed by atoms with E-state index in [1.54, 1.807) is 0 Å². The summed E-state index contributed by atoms with van der Waals surface area (Å²) in [7, 11) is 0. The monoisotopic (exact) mass is 573 g/mol. The third kappa shape index (κ3) is 3.56. The summed E-state index contributed by atoms with van der Waals surface area (Å²) in [5.74, 6) is 0. The molecule has 7 aromatic rings. The molecule has 2 aromatic heterocycles. The van der Waals surface area contributed by atoms with Crippen molar-refractivity contribution >= 4 is 60.9 Å². The van der Waals surface area contributed by atoms with Gasteiger partial charge in [-0.05, 0) is 105 Å². The van der Waals surface area contributed by atoms with Gasteiger partial charge in [-0.2, -0.15) is 0 Å². The van der Waals surface area contributed by atoms with Gasteiger partial charge in [0.15, 0.2) is 0 Å². The van der Waals surface area contributed by atoms with Gasteiger partial charge < -0.3 is 13.9 Å². The summed E-state index contributed by atoms with van der Waals surface area (Å²) < 4.78 is 5.19. The van der Waals surface area contributed by atoms with Crippen LogP contribution in [0.2, 0.25) is 0 Å². The summed E-state index contributed by atoms with van der Waals surface area (Å²) in [5.41, 5.74) is 14.2. The first-order chi connectivity index (χ1) is 21.3. The van der Waals surface area contributed by atoms with E-state index in [4.69, 9.17) is 0 Å². The molecule has 8 rings (SSSR count). The third-order valence-electron chi connectivity index (χ3n) is 10.2. The summed E-state index contributed by atoms with van der Waals surface area (Å²) >= 11 is 0. The number of nitrogens with zero attached hydrogens (tertiary/aromatic N) is 3. The van der Waals surface area contributed by atoms with Gasteiger partial charge in [0, 0.05) is 33.4 Å². The Labute approximate surface area is 258 Å². The minimum Gasteiger partial charge on any atom is -0.325 e. The van der Waals surface area contributed by atoms with Crippen molar-refractivity contribution in [3.63, 3.8) is 0 Å². The molecule has 0 aliphatic carbocycles. The summed E-state index contributed by atoms with van der Waals surface area (Å²) in [6, 6.07) is 32.0. The van der Waals surface area contributed by atoms with Crippen molar-refractivity contribution in [2.45, 2.75) is 61.1 Å². The Hall–Kier alpha value is -4.76. The molecule has 0 amide bonds. The molecule has 5 aromatic carbocycles. The second-order valence-electron chi connectivity index (χ2n) is 12.8. The first-order valence-electron chi connectivity index (χ1n) is 15.9. The lowest BCUT2D eigenvalue weighted by molar-refractivity contribution is 0.595. The van der Waals surface area contributed by atoms with Crippen molar-refractivity contribution in [3.05, 3.63) is 124 Å². The van der Waals surface area contributed by atoms with Crippen LogP contribution in [0.1, 0.15) is 53.4 Å². The molecular weight excluding hydrogens is 534 g/mol. The van der Waals surface area contributed by atoms with E-state index in [0.717, 1.165) is 6.42 Å². The molecule has 0 radical (unpaired) electrons. The Morgan fingerprint density at radius 2 is 1.39 bits per heavy atom. The second-order valence-corrected chi connectivity index (χ2v) is 12.8. The number of hydrogen-bond acceptors (Lipinski definition) is 1. The van der Waals surface area contributed by atoms with Crippen LogP contribution in [0, 0.1) is 34.6 Å². The number of aromatic nitrogens is 2. The van der Waals surface area contributed by atoms with Crippen LogP contribution in [0.5, 0.6) is 0 Å². The van der Waals surface area contributed by atoms with E-state index in [1.807, 2.05) is 0 Å². The topological polar surface area (TPSA) is 12.6 Å². The molecule has 1 aliphatic heterocycles. The third-order valence-corrected chi connectivity index (χ3v) is 10.2. The van der Waals surface area contributed by atoms with E-state index in [2.05, 4.69) is 153 Å². The zero-order valence-corrected chi connectivity index (χ0v) is 26.8. The molecule has 1 aliphatic rings. The summed E-state index contributed by atoms with van der Waals surface area (Å²) in [6.45, 7) is 15.9. The maximum Gasteiger partial charge on any atom is 0.108 e. The summed E-state index contributed by atoms with van der Waals surface area (Å²) in [5, 5.41) is 7.76. The predicted molar refractivity (Wildman–Crippen MR) is 189 cm³/mol. The van der Waals surface area contributed by atoms with Gasteiger partial charge in [0.1, 0.15) is 6.17 Å². The second kappa shape index (κ2) is 9.62. The Bertz CT molecular complexity index is 2450. The summed E-state index contributed by atoms with van der Waals surface area (Å²) in [6.07, 6.45) is 3.53. The van der Waals surface area contributed by atoms with E-state index >= 15 is 0 Å². The van der Waals surface area contributed by atoms with Crippen LogP contribution in [-0.2, 0) is 6.42 Å². The van der Waals surface area contributed by atoms with Crippen molar-refractivity contribution in [2.24, 2.45) is 0 Å². The molecule has 3 heteroatoms. The number of aryl methyl sites for hydroxylation is 5. The SMILES string of the molecule is CCc1cccc(N2C=c3c4c(C)cccc4c4c(C)cccc4n4c5ccc(C)cc5c5ccc(C)c(c54)n3[C@@H]2C)c1C. The maximum atomic E-state index is 2.63. The molecule has 0 unspecified atom stereocenters. The molecule has 0 saturated heterocycles. The molecule has 1 atom stereocenters. The molecule has 0 spiro atoms. The normalized spacial score (nSPS) is 14.7. The van der Waals surface area contributed by atoms with Crippen molar-refractivity contribution in [3.8, 4) is 0 Å². The van der Waals surface area contributed by atoms with Gasteiger partial charge in [-0.1, -0.05) is 73.2 Å². The van der Waals surface area contributed by atoms with E-state index in [1.165, 1.54) is 93.4 Å². The largest absolute Gasteiger partial charge is 0.325 e. The van der Waals surface area contributed by atoms with E-state index < -0.39 is 0 Å². The zero-order valence-electron chi connectivity index (χ0n) is 26.8. The van der Waals surface area contributed by atoms with Crippen LogP contribution in [0.15, 0.2) is 84.9 Å². The van der Waals surface area contributed by atoms with Crippen molar-refractivity contribution in [2.75, 3.05) is 4.90 Å². The lowest BCUT2D eigenvalue weighted by Gasteiger charge is -2.27. The minimum atomic E-state index is 0.0723. The van der Waals surface area contributed by atoms with Crippen molar-refractivity contribution in [1.82, 2.24) is 8.97 Å². The van der Waals surface area contributed by atoms with Crippen LogP contribution in [-0.4, -0.2) is 8.97 Å². The zero-order chi connectivity index (χ0) is 30.4. The van der Waals surface area contributed by atoms with Crippen LogP contribution in [0.4, 0.5) is 5.69 Å².